The van der Waals surface area contributed by atoms with E-state index in [4.69, 9.17) is 5.26 Å². The number of fused-ring (bicyclic) bond motifs is 5. The van der Waals surface area contributed by atoms with Gasteiger partial charge in [0, 0.05) is 22.7 Å². The molecule has 1 aliphatic heterocycles. The van der Waals surface area contributed by atoms with Gasteiger partial charge >= 0.3 is 0 Å². The Morgan fingerprint density at radius 2 is 2.05 bits per heavy atom. The lowest BCUT2D eigenvalue weighted by molar-refractivity contribution is 0.600. The minimum atomic E-state index is -1.34. The van der Waals surface area contributed by atoms with Crippen molar-refractivity contribution in [3.63, 3.8) is 0 Å². The minimum Gasteiger partial charge on any atom is -0.588 e. The number of anilines is 1. The molecule has 5 heteroatoms. The average molecular weight is 291 g/mol. The molecular formula is C16H9N3OS. The van der Waals surface area contributed by atoms with Gasteiger partial charge in [-0.05, 0) is 24.3 Å². The Morgan fingerprint density at radius 3 is 2.90 bits per heavy atom. The fourth-order valence-corrected chi connectivity index (χ4v) is 3.65. The first-order valence-electron chi connectivity index (χ1n) is 6.38. The first-order valence-corrected chi connectivity index (χ1v) is 7.53. The molecule has 0 saturated heterocycles. The SMILES string of the molecule is N#Cc1ccc2c(c1)-c1ccc3cccnc3c1N[S+]2[O-]. The molecule has 0 bridgehead atoms. The van der Waals surface area contributed by atoms with Gasteiger partial charge in [-0.25, -0.2) is 4.72 Å². The molecule has 0 saturated carbocycles. The van der Waals surface area contributed by atoms with E-state index in [0.717, 1.165) is 27.7 Å². The first kappa shape index (κ1) is 12.2. The summed E-state index contributed by atoms with van der Waals surface area (Å²) in [6.07, 6.45) is 1.72. The van der Waals surface area contributed by atoms with Gasteiger partial charge in [0.2, 0.25) is 0 Å². The van der Waals surface area contributed by atoms with Crippen LogP contribution in [0, 0.1) is 11.3 Å². The number of aromatic nitrogens is 1. The summed E-state index contributed by atoms with van der Waals surface area (Å²) in [4.78, 5) is 5.07. The molecule has 0 spiro atoms. The highest BCUT2D eigenvalue weighted by Crippen LogP contribution is 2.42. The molecule has 21 heavy (non-hydrogen) atoms. The van der Waals surface area contributed by atoms with Gasteiger partial charge in [0.15, 0.2) is 4.90 Å². The number of nitriles is 1. The fraction of sp³-hybridized carbons (Fsp3) is 0. The second-order valence-electron chi connectivity index (χ2n) is 4.76. The summed E-state index contributed by atoms with van der Waals surface area (Å²) >= 11 is -1.34. The minimum absolute atomic E-state index is 0.555. The Morgan fingerprint density at radius 1 is 1.14 bits per heavy atom. The van der Waals surface area contributed by atoms with Crippen molar-refractivity contribution in [3.8, 4) is 17.2 Å². The zero-order chi connectivity index (χ0) is 14.4. The van der Waals surface area contributed by atoms with Crippen molar-refractivity contribution in [2.75, 3.05) is 4.72 Å². The highest BCUT2D eigenvalue weighted by atomic mass is 32.2. The summed E-state index contributed by atoms with van der Waals surface area (Å²) in [6, 6.07) is 15.1. The molecular weight excluding hydrogens is 282 g/mol. The smallest absolute Gasteiger partial charge is 0.187 e. The van der Waals surface area contributed by atoms with Crippen molar-refractivity contribution >= 4 is 28.0 Å². The second-order valence-corrected chi connectivity index (χ2v) is 5.94. The summed E-state index contributed by atoms with van der Waals surface area (Å²) in [5.74, 6) is 0. The molecule has 1 atom stereocenters. The van der Waals surface area contributed by atoms with Crippen molar-refractivity contribution in [3.05, 3.63) is 54.2 Å². The average Bonchev–Trinajstić information content (AvgIpc) is 2.54. The number of nitrogens with one attached hydrogen (secondary N) is 1. The molecule has 2 aromatic carbocycles. The van der Waals surface area contributed by atoms with Gasteiger partial charge in [0.1, 0.15) is 17.0 Å². The third-order valence-corrected chi connectivity index (χ3v) is 4.71. The van der Waals surface area contributed by atoms with Crippen molar-refractivity contribution in [2.24, 2.45) is 0 Å². The molecule has 1 N–H and O–H groups in total. The molecule has 100 valence electrons. The van der Waals surface area contributed by atoms with Gasteiger partial charge in [-0.3, -0.25) is 4.98 Å². The number of pyridine rings is 1. The van der Waals surface area contributed by atoms with Crippen LogP contribution in [0.3, 0.4) is 0 Å². The molecule has 0 fully saturated rings. The van der Waals surface area contributed by atoms with E-state index < -0.39 is 11.4 Å². The summed E-state index contributed by atoms with van der Waals surface area (Å²) in [5.41, 5.74) is 3.85. The van der Waals surface area contributed by atoms with Gasteiger partial charge < -0.3 is 4.55 Å². The maximum atomic E-state index is 12.4. The molecule has 2 heterocycles. The van der Waals surface area contributed by atoms with E-state index >= 15 is 0 Å². The van der Waals surface area contributed by atoms with Crippen LogP contribution >= 0.6 is 0 Å². The predicted octanol–water partition coefficient (Wildman–Crippen LogP) is 3.22. The molecule has 1 unspecified atom stereocenters. The maximum absolute atomic E-state index is 12.4. The fourth-order valence-electron chi connectivity index (χ4n) is 2.59. The Balaban J connectivity index is 2.07. The zero-order valence-corrected chi connectivity index (χ0v) is 11.6. The summed E-state index contributed by atoms with van der Waals surface area (Å²) in [7, 11) is 0. The van der Waals surface area contributed by atoms with Crippen LogP contribution in [0.4, 0.5) is 5.69 Å². The zero-order valence-electron chi connectivity index (χ0n) is 10.8. The van der Waals surface area contributed by atoms with E-state index in [1.807, 2.05) is 24.3 Å². The Kier molecular flexibility index (Phi) is 2.61. The Labute approximate surface area is 124 Å². The third-order valence-electron chi connectivity index (χ3n) is 3.57. The van der Waals surface area contributed by atoms with E-state index in [0.29, 0.717) is 10.5 Å². The Hall–Kier alpha value is -2.55. The highest BCUT2D eigenvalue weighted by molar-refractivity contribution is 7.93. The van der Waals surface area contributed by atoms with Crippen LogP contribution < -0.4 is 4.72 Å². The molecule has 1 aromatic heterocycles. The van der Waals surface area contributed by atoms with E-state index in [9.17, 15) is 4.55 Å². The summed E-state index contributed by atoms with van der Waals surface area (Å²) in [5, 5.41) is 10.1. The van der Waals surface area contributed by atoms with Crippen LogP contribution in [0.2, 0.25) is 0 Å². The molecule has 0 aliphatic carbocycles. The van der Waals surface area contributed by atoms with Gasteiger partial charge in [-0.1, -0.05) is 18.2 Å². The predicted molar refractivity (Wildman–Crippen MR) is 81.9 cm³/mol. The normalized spacial score (nSPS) is 15.7. The summed E-state index contributed by atoms with van der Waals surface area (Å²) in [6.45, 7) is 0. The van der Waals surface area contributed by atoms with E-state index in [1.165, 1.54) is 0 Å². The molecule has 1 aliphatic rings. The lowest BCUT2D eigenvalue weighted by Crippen LogP contribution is -2.19. The van der Waals surface area contributed by atoms with E-state index in [2.05, 4.69) is 15.8 Å². The summed E-state index contributed by atoms with van der Waals surface area (Å²) < 4.78 is 15.4. The van der Waals surface area contributed by atoms with Gasteiger partial charge in [-0.15, -0.1) is 0 Å². The van der Waals surface area contributed by atoms with Crippen molar-refractivity contribution in [1.82, 2.24) is 4.98 Å². The Bertz CT molecular complexity index is 917. The van der Waals surface area contributed by atoms with Crippen LogP contribution in [-0.4, -0.2) is 9.54 Å². The van der Waals surface area contributed by atoms with Crippen LogP contribution in [0.25, 0.3) is 22.0 Å². The monoisotopic (exact) mass is 291 g/mol. The maximum Gasteiger partial charge on any atom is 0.187 e. The molecule has 4 nitrogen and oxygen atoms in total. The lowest BCUT2D eigenvalue weighted by Gasteiger charge is -2.23. The molecule has 0 radical (unpaired) electrons. The van der Waals surface area contributed by atoms with Gasteiger partial charge in [0.25, 0.3) is 0 Å². The lowest BCUT2D eigenvalue weighted by atomic mass is 9.99. The molecule has 3 aromatic rings. The number of hydrogen-bond acceptors (Lipinski definition) is 4. The van der Waals surface area contributed by atoms with Gasteiger partial charge in [-0.2, -0.15) is 5.26 Å². The topological polar surface area (TPSA) is 71.8 Å². The van der Waals surface area contributed by atoms with E-state index in [1.54, 1.807) is 24.4 Å². The number of rotatable bonds is 0. The van der Waals surface area contributed by atoms with Gasteiger partial charge in [0.05, 0.1) is 17.1 Å². The van der Waals surface area contributed by atoms with Crippen LogP contribution in [0.5, 0.6) is 0 Å². The molecule has 4 rings (SSSR count). The quantitative estimate of drug-likeness (QED) is 0.645. The largest absolute Gasteiger partial charge is 0.588 e. The van der Waals surface area contributed by atoms with Crippen molar-refractivity contribution < 1.29 is 4.55 Å². The third kappa shape index (κ3) is 1.77. The highest BCUT2D eigenvalue weighted by Gasteiger charge is 2.28. The standard InChI is InChI=1S/C16H9N3OS/c17-9-10-3-6-14-13(8-10)12-5-4-11-2-1-7-18-15(11)16(12)19-21(14)20/h1-8,19H. The van der Waals surface area contributed by atoms with Crippen LogP contribution in [0.15, 0.2) is 53.6 Å². The second kappa shape index (κ2) is 4.48. The number of nitrogens with zero attached hydrogens (tertiary/aromatic N) is 2. The molecule has 0 amide bonds. The van der Waals surface area contributed by atoms with Crippen LogP contribution in [0.1, 0.15) is 5.56 Å². The number of benzene rings is 2. The first-order chi connectivity index (χ1) is 10.3. The van der Waals surface area contributed by atoms with E-state index in [-0.39, 0.29) is 0 Å². The number of hydrogen-bond donors (Lipinski definition) is 1. The van der Waals surface area contributed by atoms with Crippen molar-refractivity contribution in [1.29, 1.82) is 5.26 Å². The van der Waals surface area contributed by atoms with Crippen molar-refractivity contribution in [2.45, 2.75) is 4.90 Å². The van der Waals surface area contributed by atoms with Crippen LogP contribution in [-0.2, 0) is 11.4 Å².